The fraction of sp³-hybridized carbons (Fsp3) is 0.643. The molecule has 0 bridgehead atoms. The van der Waals surface area contributed by atoms with Gasteiger partial charge in [0.15, 0.2) is 0 Å². The minimum atomic E-state index is -0.173. The lowest BCUT2D eigenvalue weighted by Crippen LogP contribution is -2.44. The van der Waals surface area contributed by atoms with Crippen LogP contribution in [0, 0.1) is 5.92 Å². The van der Waals surface area contributed by atoms with E-state index in [4.69, 9.17) is 11.6 Å². The van der Waals surface area contributed by atoms with Crippen LogP contribution in [0.3, 0.4) is 0 Å². The smallest absolute Gasteiger partial charge is 0.236 e. The average molecular weight is 301 g/mol. The monoisotopic (exact) mass is 300 g/mol. The van der Waals surface area contributed by atoms with Crippen LogP contribution >= 0.6 is 22.9 Å². The summed E-state index contributed by atoms with van der Waals surface area (Å²) in [5.74, 6) is 0.549. The van der Waals surface area contributed by atoms with Crippen molar-refractivity contribution in [2.24, 2.45) is 5.92 Å². The zero-order valence-corrected chi connectivity index (χ0v) is 13.2. The Kier molecular flexibility index (Phi) is 4.87. The number of thiophene rings is 1. The molecule has 0 radical (unpaired) electrons. The standard InChI is InChI=1S/C14H21ClN2OS/c1-8(2)7-16-14(18)9(3)17-11-4-5-12-10(11)6-13(15)19-12/h6,8-9,11,17H,4-5,7H2,1-3H3,(H,16,18). The van der Waals surface area contributed by atoms with E-state index in [0.717, 1.165) is 23.7 Å². The summed E-state index contributed by atoms with van der Waals surface area (Å²) in [5, 5.41) is 6.37. The summed E-state index contributed by atoms with van der Waals surface area (Å²) in [6.07, 6.45) is 2.12. The molecule has 1 aromatic heterocycles. The Bertz CT molecular complexity index is 458. The molecule has 0 saturated carbocycles. The van der Waals surface area contributed by atoms with Gasteiger partial charge in [0.05, 0.1) is 10.4 Å². The van der Waals surface area contributed by atoms with Gasteiger partial charge in [0.1, 0.15) is 0 Å². The van der Waals surface area contributed by atoms with E-state index >= 15 is 0 Å². The summed E-state index contributed by atoms with van der Waals surface area (Å²) in [4.78, 5) is 13.3. The minimum absolute atomic E-state index is 0.0727. The minimum Gasteiger partial charge on any atom is -0.354 e. The highest BCUT2D eigenvalue weighted by Gasteiger charge is 2.27. The second-order valence-corrected chi connectivity index (χ2v) is 7.32. The number of nitrogens with one attached hydrogen (secondary N) is 2. The Hall–Kier alpha value is -0.580. The molecule has 0 aromatic carbocycles. The fourth-order valence-corrected chi connectivity index (χ4v) is 3.70. The number of carbonyl (C=O) groups is 1. The molecule has 2 atom stereocenters. The van der Waals surface area contributed by atoms with Crippen molar-refractivity contribution in [2.45, 2.75) is 45.7 Å². The first kappa shape index (κ1) is 14.8. The summed E-state index contributed by atoms with van der Waals surface area (Å²) in [6, 6.07) is 2.12. The van der Waals surface area contributed by atoms with E-state index in [1.54, 1.807) is 11.3 Å². The van der Waals surface area contributed by atoms with E-state index in [1.807, 2.05) is 13.0 Å². The van der Waals surface area contributed by atoms with Gasteiger partial charge in [-0.05, 0) is 37.3 Å². The number of rotatable bonds is 5. The van der Waals surface area contributed by atoms with Crippen LogP contribution in [-0.4, -0.2) is 18.5 Å². The van der Waals surface area contributed by atoms with Gasteiger partial charge in [-0.15, -0.1) is 11.3 Å². The van der Waals surface area contributed by atoms with Crippen LogP contribution in [-0.2, 0) is 11.2 Å². The number of carbonyl (C=O) groups excluding carboxylic acids is 1. The molecule has 1 aliphatic rings. The Morgan fingerprint density at radius 2 is 2.26 bits per heavy atom. The number of amides is 1. The zero-order valence-electron chi connectivity index (χ0n) is 11.6. The lowest BCUT2D eigenvalue weighted by Gasteiger charge is -2.20. The molecule has 1 aromatic rings. The summed E-state index contributed by atoms with van der Waals surface area (Å²) >= 11 is 7.69. The maximum absolute atomic E-state index is 12.0. The van der Waals surface area contributed by atoms with Crippen LogP contribution in [0.25, 0.3) is 0 Å². The van der Waals surface area contributed by atoms with Crippen molar-refractivity contribution in [2.75, 3.05) is 6.54 Å². The first-order chi connectivity index (χ1) is 8.97. The molecular formula is C14H21ClN2OS. The quantitative estimate of drug-likeness (QED) is 0.877. The molecule has 5 heteroatoms. The maximum atomic E-state index is 12.0. The summed E-state index contributed by atoms with van der Waals surface area (Å²) in [5.41, 5.74) is 1.28. The number of hydrogen-bond acceptors (Lipinski definition) is 3. The Labute approximate surface area is 123 Å². The second-order valence-electron chi connectivity index (χ2n) is 5.55. The molecule has 2 rings (SSSR count). The van der Waals surface area contributed by atoms with E-state index in [0.29, 0.717) is 5.92 Å². The van der Waals surface area contributed by atoms with Crippen LogP contribution in [0.5, 0.6) is 0 Å². The molecule has 0 fully saturated rings. The van der Waals surface area contributed by atoms with Crippen molar-refractivity contribution >= 4 is 28.8 Å². The SMILES string of the molecule is CC(C)CNC(=O)C(C)NC1CCc2sc(Cl)cc21. The topological polar surface area (TPSA) is 41.1 Å². The molecule has 0 aliphatic heterocycles. The third-order valence-corrected chi connectivity index (χ3v) is 4.72. The molecule has 3 nitrogen and oxygen atoms in total. The van der Waals surface area contributed by atoms with Gasteiger partial charge in [-0.25, -0.2) is 0 Å². The molecule has 1 amide bonds. The van der Waals surface area contributed by atoms with Crippen molar-refractivity contribution in [3.05, 3.63) is 20.8 Å². The Morgan fingerprint density at radius 1 is 1.53 bits per heavy atom. The summed E-state index contributed by atoms with van der Waals surface area (Å²) in [7, 11) is 0. The molecule has 2 unspecified atom stereocenters. The number of halogens is 1. The first-order valence-corrected chi connectivity index (χ1v) is 7.98. The van der Waals surface area contributed by atoms with Crippen LogP contribution in [0.2, 0.25) is 4.34 Å². The van der Waals surface area contributed by atoms with Gasteiger partial charge in [0.2, 0.25) is 5.91 Å². The molecular weight excluding hydrogens is 280 g/mol. The maximum Gasteiger partial charge on any atom is 0.236 e. The van der Waals surface area contributed by atoms with Gasteiger partial charge in [-0.1, -0.05) is 25.4 Å². The largest absolute Gasteiger partial charge is 0.354 e. The lowest BCUT2D eigenvalue weighted by molar-refractivity contribution is -0.123. The van der Waals surface area contributed by atoms with Crippen molar-refractivity contribution in [1.29, 1.82) is 0 Å². The molecule has 0 spiro atoms. The van der Waals surface area contributed by atoms with Crippen LogP contribution in [0.4, 0.5) is 0 Å². The van der Waals surface area contributed by atoms with Crippen molar-refractivity contribution in [3.8, 4) is 0 Å². The number of fused-ring (bicyclic) bond motifs is 1. The molecule has 19 heavy (non-hydrogen) atoms. The van der Waals surface area contributed by atoms with Gasteiger partial charge in [-0.2, -0.15) is 0 Å². The van der Waals surface area contributed by atoms with Gasteiger partial charge in [-0.3, -0.25) is 10.1 Å². The Morgan fingerprint density at radius 3 is 2.95 bits per heavy atom. The van der Waals surface area contributed by atoms with E-state index in [2.05, 4.69) is 24.5 Å². The van der Waals surface area contributed by atoms with Gasteiger partial charge in [0, 0.05) is 17.5 Å². The predicted molar refractivity (Wildman–Crippen MR) is 80.8 cm³/mol. The van der Waals surface area contributed by atoms with E-state index in [9.17, 15) is 4.79 Å². The van der Waals surface area contributed by atoms with E-state index in [1.165, 1.54) is 10.4 Å². The van der Waals surface area contributed by atoms with Gasteiger partial charge >= 0.3 is 0 Å². The highest BCUT2D eigenvalue weighted by atomic mass is 35.5. The number of aryl methyl sites for hydroxylation is 1. The van der Waals surface area contributed by atoms with Crippen LogP contribution in [0.1, 0.15) is 43.7 Å². The van der Waals surface area contributed by atoms with Gasteiger partial charge < -0.3 is 5.32 Å². The molecule has 2 N–H and O–H groups in total. The third-order valence-electron chi connectivity index (χ3n) is 3.38. The third kappa shape index (κ3) is 3.71. The average Bonchev–Trinajstić information content (AvgIpc) is 2.86. The highest BCUT2D eigenvalue weighted by Crippen LogP contribution is 2.39. The molecule has 1 aliphatic carbocycles. The van der Waals surface area contributed by atoms with Gasteiger partial charge in [0.25, 0.3) is 0 Å². The highest BCUT2D eigenvalue weighted by molar-refractivity contribution is 7.16. The van der Waals surface area contributed by atoms with E-state index < -0.39 is 0 Å². The lowest BCUT2D eigenvalue weighted by atomic mass is 10.1. The fourth-order valence-electron chi connectivity index (χ4n) is 2.34. The predicted octanol–water partition coefficient (Wildman–Crippen LogP) is 3.14. The van der Waals surface area contributed by atoms with Crippen molar-refractivity contribution in [1.82, 2.24) is 10.6 Å². The normalized spacial score (nSPS) is 19.5. The first-order valence-electron chi connectivity index (χ1n) is 6.79. The summed E-state index contributed by atoms with van der Waals surface area (Å²) < 4.78 is 0.841. The Balaban J connectivity index is 1.89. The van der Waals surface area contributed by atoms with Crippen molar-refractivity contribution < 1.29 is 4.79 Å². The van der Waals surface area contributed by atoms with Crippen molar-refractivity contribution in [3.63, 3.8) is 0 Å². The molecule has 0 saturated heterocycles. The number of hydrogen-bond donors (Lipinski definition) is 2. The second kappa shape index (κ2) is 6.25. The molecule has 1 heterocycles. The zero-order chi connectivity index (χ0) is 14.0. The van der Waals surface area contributed by atoms with E-state index in [-0.39, 0.29) is 18.0 Å². The van der Waals surface area contributed by atoms with Crippen LogP contribution < -0.4 is 10.6 Å². The molecule has 106 valence electrons. The van der Waals surface area contributed by atoms with Crippen LogP contribution in [0.15, 0.2) is 6.07 Å². The summed E-state index contributed by atoms with van der Waals surface area (Å²) in [6.45, 7) is 6.83.